The molecule has 2 amide bonds. The molecule has 0 saturated carbocycles. The molecule has 0 atom stereocenters. The van der Waals surface area contributed by atoms with E-state index in [0.717, 1.165) is 16.9 Å². The van der Waals surface area contributed by atoms with Crippen molar-refractivity contribution in [2.24, 2.45) is 5.73 Å². The van der Waals surface area contributed by atoms with Gasteiger partial charge < -0.3 is 20.8 Å². The van der Waals surface area contributed by atoms with E-state index in [1.54, 1.807) is 24.3 Å². The Balaban J connectivity index is 1.55. The number of fused-ring (bicyclic) bond motifs is 1. The molecule has 7 nitrogen and oxygen atoms in total. The standard InChI is InChI=1S/C18H18N4O3/c19-16(23)11-25-13-5-3-4-12(10-13)18(24)20-9-8-17-21-14-6-1-2-7-15(14)22-17/h1-7,10H,8-9,11H2,(H2,19,23)(H,20,24)(H,21,22). The summed E-state index contributed by atoms with van der Waals surface area (Å²) in [5.41, 5.74) is 7.37. The van der Waals surface area contributed by atoms with Gasteiger partial charge in [-0.05, 0) is 30.3 Å². The number of hydrogen-bond donors (Lipinski definition) is 3. The van der Waals surface area contributed by atoms with Gasteiger partial charge in [0.1, 0.15) is 11.6 Å². The molecule has 4 N–H and O–H groups in total. The number of rotatable bonds is 7. The van der Waals surface area contributed by atoms with Gasteiger partial charge in [-0.2, -0.15) is 0 Å². The Morgan fingerprint density at radius 3 is 2.80 bits per heavy atom. The molecule has 0 bridgehead atoms. The first-order valence-electron chi connectivity index (χ1n) is 7.85. The topological polar surface area (TPSA) is 110 Å². The SMILES string of the molecule is NC(=O)COc1cccc(C(=O)NCCc2nc3ccccc3[nH]2)c1. The Bertz CT molecular complexity index is 871. The van der Waals surface area contributed by atoms with Crippen molar-refractivity contribution >= 4 is 22.8 Å². The number of aromatic nitrogens is 2. The van der Waals surface area contributed by atoms with Crippen LogP contribution in [0.1, 0.15) is 16.2 Å². The number of amides is 2. The molecular weight excluding hydrogens is 320 g/mol. The van der Waals surface area contributed by atoms with Crippen molar-refractivity contribution in [2.75, 3.05) is 13.2 Å². The summed E-state index contributed by atoms with van der Waals surface area (Å²) in [6.07, 6.45) is 0.596. The van der Waals surface area contributed by atoms with Crippen molar-refractivity contribution in [1.29, 1.82) is 0 Å². The molecular formula is C18H18N4O3. The van der Waals surface area contributed by atoms with Crippen LogP contribution in [-0.4, -0.2) is 34.9 Å². The molecule has 3 rings (SSSR count). The Morgan fingerprint density at radius 2 is 2.00 bits per heavy atom. The lowest BCUT2D eigenvalue weighted by Gasteiger charge is -2.07. The molecule has 1 heterocycles. The van der Waals surface area contributed by atoms with Crippen LogP contribution in [0.15, 0.2) is 48.5 Å². The zero-order valence-electron chi connectivity index (χ0n) is 13.5. The third-order valence-electron chi connectivity index (χ3n) is 3.56. The number of ether oxygens (including phenoxy) is 1. The molecule has 7 heteroatoms. The van der Waals surface area contributed by atoms with Gasteiger partial charge in [-0.3, -0.25) is 9.59 Å². The lowest BCUT2D eigenvalue weighted by molar-refractivity contribution is -0.119. The Morgan fingerprint density at radius 1 is 1.16 bits per heavy atom. The van der Waals surface area contributed by atoms with E-state index < -0.39 is 5.91 Å². The van der Waals surface area contributed by atoms with Gasteiger partial charge in [-0.1, -0.05) is 18.2 Å². The van der Waals surface area contributed by atoms with E-state index in [1.165, 1.54) is 0 Å². The maximum atomic E-state index is 12.2. The van der Waals surface area contributed by atoms with E-state index in [0.29, 0.717) is 24.3 Å². The van der Waals surface area contributed by atoms with Crippen LogP contribution in [0.4, 0.5) is 0 Å². The molecule has 0 saturated heterocycles. The van der Waals surface area contributed by atoms with Crippen LogP contribution in [0.5, 0.6) is 5.75 Å². The maximum Gasteiger partial charge on any atom is 0.255 e. The minimum atomic E-state index is -0.569. The number of imidazole rings is 1. The van der Waals surface area contributed by atoms with Gasteiger partial charge in [0.05, 0.1) is 11.0 Å². The number of carbonyl (C=O) groups is 2. The summed E-state index contributed by atoms with van der Waals surface area (Å²) in [6, 6.07) is 14.4. The summed E-state index contributed by atoms with van der Waals surface area (Å²) in [5.74, 6) is 0.449. The van der Waals surface area contributed by atoms with E-state index in [9.17, 15) is 9.59 Å². The Kier molecular flexibility index (Phi) is 4.94. The Hall–Kier alpha value is -3.35. The number of benzene rings is 2. The van der Waals surface area contributed by atoms with Crippen LogP contribution in [0, 0.1) is 0 Å². The van der Waals surface area contributed by atoms with Crippen LogP contribution in [0.2, 0.25) is 0 Å². The number of aromatic amines is 1. The van der Waals surface area contributed by atoms with E-state index in [4.69, 9.17) is 10.5 Å². The number of hydrogen-bond acceptors (Lipinski definition) is 4. The van der Waals surface area contributed by atoms with E-state index in [-0.39, 0.29) is 12.5 Å². The molecule has 3 aromatic rings. The molecule has 1 aromatic heterocycles. The zero-order valence-corrected chi connectivity index (χ0v) is 13.5. The number of nitrogens with zero attached hydrogens (tertiary/aromatic N) is 1. The summed E-state index contributed by atoms with van der Waals surface area (Å²) in [7, 11) is 0. The van der Waals surface area contributed by atoms with Gasteiger partial charge >= 0.3 is 0 Å². The molecule has 25 heavy (non-hydrogen) atoms. The van der Waals surface area contributed by atoms with Crippen molar-refractivity contribution in [3.8, 4) is 5.75 Å². The van der Waals surface area contributed by atoms with Gasteiger partial charge in [0.25, 0.3) is 11.8 Å². The highest BCUT2D eigenvalue weighted by atomic mass is 16.5. The van der Waals surface area contributed by atoms with Gasteiger partial charge in [-0.25, -0.2) is 4.98 Å². The number of nitrogens with two attached hydrogens (primary N) is 1. The predicted octanol–water partition coefficient (Wildman–Crippen LogP) is 1.40. The fraction of sp³-hybridized carbons (Fsp3) is 0.167. The highest BCUT2D eigenvalue weighted by Gasteiger charge is 2.08. The average molecular weight is 338 g/mol. The average Bonchev–Trinajstić information content (AvgIpc) is 3.03. The minimum absolute atomic E-state index is 0.222. The lowest BCUT2D eigenvalue weighted by Crippen LogP contribution is -2.26. The van der Waals surface area contributed by atoms with Crippen molar-refractivity contribution < 1.29 is 14.3 Å². The molecule has 128 valence electrons. The second-order valence-corrected chi connectivity index (χ2v) is 5.49. The summed E-state index contributed by atoms with van der Waals surface area (Å²) in [5, 5.41) is 2.84. The third kappa shape index (κ3) is 4.35. The molecule has 0 radical (unpaired) electrons. The van der Waals surface area contributed by atoms with E-state index >= 15 is 0 Å². The summed E-state index contributed by atoms with van der Waals surface area (Å²) >= 11 is 0. The fourth-order valence-electron chi connectivity index (χ4n) is 2.40. The van der Waals surface area contributed by atoms with Crippen molar-refractivity contribution in [2.45, 2.75) is 6.42 Å². The molecule has 0 fully saturated rings. The van der Waals surface area contributed by atoms with E-state index in [2.05, 4.69) is 15.3 Å². The molecule has 0 aliphatic carbocycles. The number of primary amides is 1. The highest BCUT2D eigenvalue weighted by Crippen LogP contribution is 2.13. The third-order valence-corrected chi connectivity index (χ3v) is 3.56. The zero-order chi connectivity index (χ0) is 17.6. The molecule has 0 aliphatic heterocycles. The lowest BCUT2D eigenvalue weighted by atomic mass is 10.2. The monoisotopic (exact) mass is 338 g/mol. The van der Waals surface area contributed by atoms with Crippen LogP contribution >= 0.6 is 0 Å². The number of H-pyrrole nitrogens is 1. The van der Waals surface area contributed by atoms with Crippen molar-refractivity contribution in [1.82, 2.24) is 15.3 Å². The van der Waals surface area contributed by atoms with Crippen LogP contribution in [0.3, 0.4) is 0 Å². The summed E-state index contributed by atoms with van der Waals surface area (Å²) in [4.78, 5) is 30.6. The first-order valence-corrected chi connectivity index (χ1v) is 7.85. The fourth-order valence-corrected chi connectivity index (χ4v) is 2.40. The second kappa shape index (κ2) is 7.48. The normalized spacial score (nSPS) is 10.6. The number of nitrogens with one attached hydrogen (secondary N) is 2. The van der Waals surface area contributed by atoms with Crippen LogP contribution < -0.4 is 15.8 Å². The first kappa shape index (κ1) is 16.5. The molecule has 0 spiro atoms. The van der Waals surface area contributed by atoms with Crippen molar-refractivity contribution in [3.05, 3.63) is 59.9 Å². The van der Waals surface area contributed by atoms with Crippen LogP contribution in [0.25, 0.3) is 11.0 Å². The first-order chi connectivity index (χ1) is 12.1. The van der Waals surface area contributed by atoms with Gasteiger partial charge in [0.15, 0.2) is 6.61 Å². The predicted molar refractivity (Wildman–Crippen MR) is 93.3 cm³/mol. The molecule has 0 aliphatic rings. The van der Waals surface area contributed by atoms with Crippen molar-refractivity contribution in [3.63, 3.8) is 0 Å². The quantitative estimate of drug-likeness (QED) is 0.605. The molecule has 0 unspecified atom stereocenters. The maximum absolute atomic E-state index is 12.2. The smallest absolute Gasteiger partial charge is 0.255 e. The van der Waals surface area contributed by atoms with Gasteiger partial charge in [0, 0.05) is 18.5 Å². The summed E-state index contributed by atoms with van der Waals surface area (Å²) in [6.45, 7) is 0.224. The number of para-hydroxylation sites is 2. The van der Waals surface area contributed by atoms with E-state index in [1.807, 2.05) is 24.3 Å². The van der Waals surface area contributed by atoms with Gasteiger partial charge in [-0.15, -0.1) is 0 Å². The Labute approximate surface area is 144 Å². The summed E-state index contributed by atoms with van der Waals surface area (Å²) < 4.78 is 5.20. The number of carbonyl (C=O) groups excluding carboxylic acids is 2. The van der Waals surface area contributed by atoms with Gasteiger partial charge in [0.2, 0.25) is 0 Å². The molecule has 2 aromatic carbocycles. The van der Waals surface area contributed by atoms with Crippen LogP contribution in [-0.2, 0) is 11.2 Å². The highest BCUT2D eigenvalue weighted by molar-refractivity contribution is 5.94. The largest absolute Gasteiger partial charge is 0.484 e. The minimum Gasteiger partial charge on any atom is -0.484 e. The second-order valence-electron chi connectivity index (χ2n) is 5.49.